The molecule has 0 aliphatic rings. The summed E-state index contributed by atoms with van der Waals surface area (Å²) in [5.41, 5.74) is 0.931. The lowest BCUT2D eigenvalue weighted by Gasteiger charge is -2.21. The summed E-state index contributed by atoms with van der Waals surface area (Å²) in [5.74, 6) is -0.176. The third-order valence-corrected chi connectivity index (χ3v) is 3.05. The van der Waals surface area contributed by atoms with Crippen molar-refractivity contribution in [3.63, 3.8) is 0 Å². The molecule has 0 unspecified atom stereocenters. The van der Waals surface area contributed by atoms with Gasteiger partial charge in [0, 0.05) is 18.5 Å². The summed E-state index contributed by atoms with van der Waals surface area (Å²) in [7, 11) is 1.57. The molecule has 0 aromatic heterocycles. The van der Waals surface area contributed by atoms with Gasteiger partial charge in [-0.1, -0.05) is 19.1 Å². The number of hydrogen-bond donors (Lipinski definition) is 2. The summed E-state index contributed by atoms with van der Waals surface area (Å²) in [5, 5.41) is 2.54. The fourth-order valence-electron chi connectivity index (χ4n) is 1.71. The van der Waals surface area contributed by atoms with Gasteiger partial charge in [0.2, 0.25) is 11.8 Å². The van der Waals surface area contributed by atoms with Crippen LogP contribution in [0.3, 0.4) is 0 Å². The first-order chi connectivity index (χ1) is 9.06. The summed E-state index contributed by atoms with van der Waals surface area (Å²) in [6.45, 7) is 2.70. The second kappa shape index (κ2) is 7.84. The van der Waals surface area contributed by atoms with E-state index in [4.69, 9.17) is 0 Å². The van der Waals surface area contributed by atoms with Crippen LogP contribution >= 0.6 is 12.6 Å². The number of thiol groups is 1. The SMILES string of the molecule is CCCN(CC(=O)NC)C(=O)Cc1ccc(S)cc1. The van der Waals surface area contributed by atoms with E-state index < -0.39 is 0 Å². The predicted molar refractivity (Wildman–Crippen MR) is 78.3 cm³/mol. The third kappa shape index (κ3) is 5.34. The number of benzene rings is 1. The van der Waals surface area contributed by atoms with E-state index in [2.05, 4.69) is 17.9 Å². The van der Waals surface area contributed by atoms with Crippen LogP contribution in [-0.2, 0) is 16.0 Å². The fourth-order valence-corrected chi connectivity index (χ4v) is 1.86. The number of likely N-dealkylation sites (N-methyl/N-ethyl adjacent to an activating group) is 1. The number of nitrogens with zero attached hydrogens (tertiary/aromatic N) is 1. The van der Waals surface area contributed by atoms with Gasteiger partial charge in [0.25, 0.3) is 0 Å². The van der Waals surface area contributed by atoms with E-state index in [1.165, 1.54) is 0 Å². The Morgan fingerprint density at radius 3 is 2.42 bits per heavy atom. The van der Waals surface area contributed by atoms with Crippen LogP contribution in [0.15, 0.2) is 29.2 Å². The van der Waals surface area contributed by atoms with Crippen molar-refractivity contribution in [3.8, 4) is 0 Å². The van der Waals surface area contributed by atoms with E-state index in [1.54, 1.807) is 11.9 Å². The monoisotopic (exact) mass is 280 g/mol. The van der Waals surface area contributed by atoms with Crippen LogP contribution in [0.25, 0.3) is 0 Å². The summed E-state index contributed by atoms with van der Waals surface area (Å²) >= 11 is 4.21. The van der Waals surface area contributed by atoms with Crippen LogP contribution in [0.4, 0.5) is 0 Å². The lowest BCUT2D eigenvalue weighted by Crippen LogP contribution is -2.40. The maximum Gasteiger partial charge on any atom is 0.239 e. The first-order valence-corrected chi connectivity index (χ1v) is 6.77. The molecule has 2 amide bonds. The van der Waals surface area contributed by atoms with Gasteiger partial charge in [-0.2, -0.15) is 0 Å². The van der Waals surface area contributed by atoms with Crippen molar-refractivity contribution >= 4 is 24.4 Å². The molecule has 0 bridgehead atoms. The zero-order valence-electron chi connectivity index (χ0n) is 11.3. The van der Waals surface area contributed by atoms with E-state index >= 15 is 0 Å². The fraction of sp³-hybridized carbons (Fsp3) is 0.429. The number of hydrogen-bond acceptors (Lipinski definition) is 3. The van der Waals surface area contributed by atoms with Gasteiger partial charge in [-0.25, -0.2) is 0 Å². The predicted octanol–water partition coefficient (Wildman–Crippen LogP) is 1.50. The number of nitrogens with one attached hydrogen (secondary N) is 1. The second-order valence-electron chi connectivity index (χ2n) is 4.33. The maximum absolute atomic E-state index is 12.2. The molecule has 0 fully saturated rings. The van der Waals surface area contributed by atoms with Crippen LogP contribution in [0, 0.1) is 0 Å². The van der Waals surface area contributed by atoms with Gasteiger partial charge >= 0.3 is 0 Å². The highest BCUT2D eigenvalue weighted by molar-refractivity contribution is 7.80. The Morgan fingerprint density at radius 2 is 1.89 bits per heavy atom. The molecular formula is C14H20N2O2S. The van der Waals surface area contributed by atoms with Gasteiger partial charge in [0.15, 0.2) is 0 Å². The normalized spacial score (nSPS) is 10.1. The van der Waals surface area contributed by atoms with Gasteiger partial charge in [0.05, 0.1) is 13.0 Å². The lowest BCUT2D eigenvalue weighted by molar-refractivity contribution is -0.135. The first kappa shape index (κ1) is 15.6. The first-order valence-electron chi connectivity index (χ1n) is 6.33. The molecule has 4 nitrogen and oxygen atoms in total. The molecule has 0 radical (unpaired) electrons. The molecule has 0 saturated heterocycles. The molecule has 0 heterocycles. The Kier molecular flexibility index (Phi) is 6.42. The van der Waals surface area contributed by atoms with Crippen molar-refractivity contribution < 1.29 is 9.59 Å². The summed E-state index contributed by atoms with van der Waals surface area (Å²) in [6.07, 6.45) is 1.14. The largest absolute Gasteiger partial charge is 0.358 e. The van der Waals surface area contributed by atoms with Crippen LogP contribution in [-0.4, -0.2) is 36.9 Å². The van der Waals surface area contributed by atoms with Crippen LogP contribution in [0.5, 0.6) is 0 Å². The molecule has 1 aromatic carbocycles. The Morgan fingerprint density at radius 1 is 1.26 bits per heavy atom. The lowest BCUT2D eigenvalue weighted by atomic mass is 10.1. The molecule has 0 aliphatic heterocycles. The van der Waals surface area contributed by atoms with E-state index in [0.29, 0.717) is 13.0 Å². The smallest absolute Gasteiger partial charge is 0.239 e. The Bertz CT molecular complexity index is 432. The molecule has 5 heteroatoms. The topological polar surface area (TPSA) is 49.4 Å². The average molecular weight is 280 g/mol. The zero-order chi connectivity index (χ0) is 14.3. The molecule has 0 saturated carbocycles. The Labute approximate surface area is 119 Å². The Hall–Kier alpha value is -1.49. The van der Waals surface area contributed by atoms with Crippen LogP contribution in [0.2, 0.25) is 0 Å². The average Bonchev–Trinajstić information content (AvgIpc) is 2.40. The van der Waals surface area contributed by atoms with Gasteiger partial charge in [0.1, 0.15) is 0 Å². The molecule has 19 heavy (non-hydrogen) atoms. The summed E-state index contributed by atoms with van der Waals surface area (Å²) in [4.78, 5) is 26.0. The maximum atomic E-state index is 12.2. The molecule has 0 spiro atoms. The minimum atomic E-state index is -0.146. The van der Waals surface area contributed by atoms with Crippen LogP contribution < -0.4 is 5.32 Å². The quantitative estimate of drug-likeness (QED) is 0.776. The third-order valence-electron chi connectivity index (χ3n) is 2.75. The molecule has 1 rings (SSSR count). The van der Waals surface area contributed by atoms with Gasteiger partial charge < -0.3 is 10.2 Å². The molecule has 1 aromatic rings. The van der Waals surface area contributed by atoms with Gasteiger partial charge in [-0.05, 0) is 24.1 Å². The van der Waals surface area contributed by atoms with E-state index in [-0.39, 0.29) is 18.4 Å². The number of amides is 2. The zero-order valence-corrected chi connectivity index (χ0v) is 12.2. The molecule has 0 aliphatic carbocycles. The highest BCUT2D eigenvalue weighted by atomic mass is 32.1. The van der Waals surface area contributed by atoms with E-state index in [0.717, 1.165) is 16.9 Å². The van der Waals surface area contributed by atoms with Crippen molar-refractivity contribution in [1.82, 2.24) is 10.2 Å². The summed E-state index contributed by atoms with van der Waals surface area (Å²) < 4.78 is 0. The molecule has 0 atom stereocenters. The van der Waals surface area contributed by atoms with E-state index in [9.17, 15) is 9.59 Å². The van der Waals surface area contributed by atoms with Crippen molar-refractivity contribution in [3.05, 3.63) is 29.8 Å². The van der Waals surface area contributed by atoms with Gasteiger partial charge in [-0.3, -0.25) is 9.59 Å². The minimum absolute atomic E-state index is 0.0302. The highest BCUT2D eigenvalue weighted by Crippen LogP contribution is 2.09. The Balaban J connectivity index is 2.65. The van der Waals surface area contributed by atoms with Gasteiger partial charge in [-0.15, -0.1) is 12.6 Å². The number of carbonyl (C=O) groups excluding carboxylic acids is 2. The number of rotatable bonds is 6. The molecule has 104 valence electrons. The molecular weight excluding hydrogens is 260 g/mol. The number of carbonyl (C=O) groups is 2. The van der Waals surface area contributed by atoms with E-state index in [1.807, 2.05) is 31.2 Å². The van der Waals surface area contributed by atoms with Crippen molar-refractivity contribution in [1.29, 1.82) is 0 Å². The van der Waals surface area contributed by atoms with Crippen molar-refractivity contribution in [2.45, 2.75) is 24.7 Å². The summed E-state index contributed by atoms with van der Waals surface area (Å²) in [6, 6.07) is 7.47. The standard InChI is InChI=1S/C14H20N2O2S/c1-3-8-16(10-13(17)15-2)14(18)9-11-4-6-12(19)7-5-11/h4-7,19H,3,8-10H2,1-2H3,(H,15,17). The van der Waals surface area contributed by atoms with Crippen LogP contribution in [0.1, 0.15) is 18.9 Å². The van der Waals surface area contributed by atoms with Crippen molar-refractivity contribution in [2.75, 3.05) is 20.1 Å². The molecule has 1 N–H and O–H groups in total. The minimum Gasteiger partial charge on any atom is -0.358 e. The van der Waals surface area contributed by atoms with Crippen molar-refractivity contribution in [2.24, 2.45) is 0 Å². The second-order valence-corrected chi connectivity index (χ2v) is 4.85. The highest BCUT2D eigenvalue weighted by Gasteiger charge is 2.15.